The van der Waals surface area contributed by atoms with Gasteiger partial charge in [-0.1, -0.05) is 12.1 Å². The van der Waals surface area contributed by atoms with Crippen LogP contribution in [-0.2, 0) is 18.4 Å². The molecule has 0 unspecified atom stereocenters. The standard InChI is InChI=1S/C18H23N7O3/c1-3-19-18(20-10-14-4-6-15(7-5-14)25(27)28)23-8-9-24(17(26)13-23)16-11-21-22(2)12-16/h4-7,11-12H,3,8-10,13H2,1-2H3,(H,19,20). The molecule has 1 N–H and O–H groups in total. The summed E-state index contributed by atoms with van der Waals surface area (Å²) in [6.07, 6.45) is 3.50. The number of nitrogens with zero attached hydrogens (tertiary/aromatic N) is 6. The highest BCUT2D eigenvalue weighted by Crippen LogP contribution is 2.16. The van der Waals surface area contributed by atoms with Gasteiger partial charge in [0.05, 0.1) is 23.4 Å². The summed E-state index contributed by atoms with van der Waals surface area (Å²) in [5, 5.41) is 18.1. The van der Waals surface area contributed by atoms with E-state index in [9.17, 15) is 14.9 Å². The number of rotatable bonds is 5. The van der Waals surface area contributed by atoms with Gasteiger partial charge in [-0.25, -0.2) is 4.99 Å². The third-order valence-electron chi connectivity index (χ3n) is 4.42. The molecule has 0 spiro atoms. The zero-order valence-electron chi connectivity index (χ0n) is 15.9. The third kappa shape index (κ3) is 4.45. The zero-order valence-corrected chi connectivity index (χ0v) is 15.9. The van der Waals surface area contributed by atoms with Crippen LogP contribution in [0, 0.1) is 10.1 Å². The molecule has 10 heteroatoms. The first-order valence-corrected chi connectivity index (χ1v) is 9.03. The Hall–Kier alpha value is -3.43. The first kappa shape index (κ1) is 19.3. The van der Waals surface area contributed by atoms with Gasteiger partial charge >= 0.3 is 0 Å². The number of carbonyl (C=O) groups is 1. The molecule has 1 aliphatic rings. The molecule has 10 nitrogen and oxygen atoms in total. The number of carbonyl (C=O) groups excluding carboxylic acids is 1. The van der Waals surface area contributed by atoms with E-state index >= 15 is 0 Å². The van der Waals surface area contributed by atoms with Gasteiger partial charge in [0.25, 0.3) is 5.69 Å². The quantitative estimate of drug-likeness (QED) is 0.358. The molecule has 2 heterocycles. The van der Waals surface area contributed by atoms with E-state index in [-0.39, 0.29) is 18.1 Å². The third-order valence-corrected chi connectivity index (χ3v) is 4.42. The van der Waals surface area contributed by atoms with Gasteiger partial charge in [-0.05, 0) is 12.5 Å². The minimum absolute atomic E-state index is 0.0137. The molecule has 1 aromatic heterocycles. The molecule has 0 saturated carbocycles. The number of nitro benzene ring substituents is 1. The van der Waals surface area contributed by atoms with E-state index in [1.807, 2.05) is 25.1 Å². The summed E-state index contributed by atoms with van der Waals surface area (Å²) in [4.78, 5) is 31.2. The Morgan fingerprint density at radius 3 is 2.64 bits per heavy atom. The lowest BCUT2D eigenvalue weighted by Gasteiger charge is -2.35. The second kappa shape index (κ2) is 8.51. The Labute approximate surface area is 162 Å². The van der Waals surface area contributed by atoms with Crippen LogP contribution in [-0.4, -0.2) is 57.6 Å². The van der Waals surface area contributed by atoms with Gasteiger partial charge in [-0.3, -0.25) is 19.6 Å². The number of aryl methyl sites for hydroxylation is 1. The summed E-state index contributed by atoms with van der Waals surface area (Å²) in [5.41, 5.74) is 1.71. The molecule has 2 aromatic rings. The van der Waals surface area contributed by atoms with Gasteiger partial charge in [0.1, 0.15) is 6.54 Å². The molecule has 0 radical (unpaired) electrons. The van der Waals surface area contributed by atoms with E-state index in [0.29, 0.717) is 32.1 Å². The van der Waals surface area contributed by atoms with Crippen molar-refractivity contribution in [1.82, 2.24) is 20.0 Å². The molecule has 148 valence electrons. The van der Waals surface area contributed by atoms with Crippen molar-refractivity contribution in [1.29, 1.82) is 0 Å². The first-order valence-electron chi connectivity index (χ1n) is 9.03. The summed E-state index contributed by atoms with van der Waals surface area (Å²) < 4.78 is 1.67. The number of nitro groups is 1. The maximum atomic E-state index is 12.6. The summed E-state index contributed by atoms with van der Waals surface area (Å²) in [6, 6.07) is 6.31. The van der Waals surface area contributed by atoms with Crippen molar-refractivity contribution in [2.45, 2.75) is 13.5 Å². The smallest absolute Gasteiger partial charge is 0.269 e. The van der Waals surface area contributed by atoms with Gasteiger partial charge < -0.3 is 15.1 Å². The van der Waals surface area contributed by atoms with Crippen molar-refractivity contribution in [3.63, 3.8) is 0 Å². The lowest BCUT2D eigenvalue weighted by atomic mass is 10.2. The van der Waals surface area contributed by atoms with E-state index in [0.717, 1.165) is 11.3 Å². The number of anilines is 1. The Morgan fingerprint density at radius 1 is 1.32 bits per heavy atom. The molecule has 1 amide bonds. The van der Waals surface area contributed by atoms with E-state index in [4.69, 9.17) is 0 Å². The van der Waals surface area contributed by atoms with Crippen LogP contribution in [0.2, 0.25) is 0 Å². The summed E-state index contributed by atoms with van der Waals surface area (Å²) in [6.45, 7) is 4.43. The van der Waals surface area contributed by atoms with E-state index < -0.39 is 4.92 Å². The number of hydrogen-bond donors (Lipinski definition) is 1. The number of nitrogens with one attached hydrogen (secondary N) is 1. The fourth-order valence-electron chi connectivity index (χ4n) is 2.99. The fraction of sp³-hybridized carbons (Fsp3) is 0.389. The second-order valence-corrected chi connectivity index (χ2v) is 6.43. The molecular formula is C18H23N7O3. The van der Waals surface area contributed by atoms with Gasteiger partial charge in [-0.2, -0.15) is 5.10 Å². The average molecular weight is 385 g/mol. The molecule has 28 heavy (non-hydrogen) atoms. The molecule has 1 aromatic carbocycles. The summed E-state index contributed by atoms with van der Waals surface area (Å²) >= 11 is 0. The highest BCUT2D eigenvalue weighted by atomic mass is 16.6. The minimum atomic E-state index is -0.426. The molecule has 0 atom stereocenters. The maximum Gasteiger partial charge on any atom is 0.269 e. The Balaban J connectivity index is 1.67. The highest BCUT2D eigenvalue weighted by Gasteiger charge is 2.27. The van der Waals surface area contributed by atoms with Gasteiger partial charge in [0.2, 0.25) is 5.91 Å². The Morgan fingerprint density at radius 2 is 2.07 bits per heavy atom. The molecule has 0 aliphatic carbocycles. The number of aliphatic imine (C=N–C) groups is 1. The van der Waals surface area contributed by atoms with Crippen LogP contribution in [0.1, 0.15) is 12.5 Å². The van der Waals surface area contributed by atoms with Gasteiger partial charge in [0.15, 0.2) is 5.96 Å². The van der Waals surface area contributed by atoms with Crippen LogP contribution < -0.4 is 10.2 Å². The lowest BCUT2D eigenvalue weighted by Crippen LogP contribution is -2.55. The van der Waals surface area contributed by atoms with Crippen LogP contribution in [0.25, 0.3) is 0 Å². The zero-order chi connectivity index (χ0) is 20.1. The Bertz CT molecular complexity index is 876. The number of piperazine rings is 1. The van der Waals surface area contributed by atoms with Crippen LogP contribution in [0.4, 0.5) is 11.4 Å². The van der Waals surface area contributed by atoms with Crippen LogP contribution in [0.3, 0.4) is 0 Å². The van der Waals surface area contributed by atoms with Crippen molar-refractivity contribution in [2.75, 3.05) is 31.1 Å². The van der Waals surface area contributed by atoms with Gasteiger partial charge in [0, 0.05) is 45.0 Å². The number of aromatic nitrogens is 2. The largest absolute Gasteiger partial charge is 0.356 e. The van der Waals surface area contributed by atoms with E-state index in [2.05, 4.69) is 15.4 Å². The molecule has 0 bridgehead atoms. The SMILES string of the molecule is CCNC(=NCc1ccc([N+](=O)[O-])cc1)N1CCN(c2cnn(C)c2)C(=O)C1. The normalized spacial score (nSPS) is 15.1. The van der Waals surface area contributed by atoms with E-state index in [1.165, 1.54) is 12.1 Å². The van der Waals surface area contributed by atoms with Crippen LogP contribution in [0.5, 0.6) is 0 Å². The van der Waals surface area contributed by atoms with Crippen molar-refractivity contribution in [2.24, 2.45) is 12.0 Å². The van der Waals surface area contributed by atoms with Crippen LogP contribution >= 0.6 is 0 Å². The number of non-ortho nitro benzene ring substituents is 1. The molecule has 3 rings (SSSR count). The molecule has 1 aliphatic heterocycles. The van der Waals surface area contributed by atoms with E-state index in [1.54, 1.807) is 27.9 Å². The minimum Gasteiger partial charge on any atom is -0.356 e. The number of hydrogen-bond acceptors (Lipinski definition) is 5. The number of amides is 1. The predicted molar refractivity (Wildman–Crippen MR) is 105 cm³/mol. The predicted octanol–water partition coefficient (Wildman–Crippen LogP) is 1.14. The summed E-state index contributed by atoms with van der Waals surface area (Å²) in [5.74, 6) is 0.639. The van der Waals surface area contributed by atoms with Crippen molar-refractivity contribution >= 4 is 23.2 Å². The number of guanidine groups is 1. The molecular weight excluding hydrogens is 362 g/mol. The average Bonchev–Trinajstić information content (AvgIpc) is 3.11. The molecule has 1 saturated heterocycles. The highest BCUT2D eigenvalue weighted by molar-refractivity contribution is 5.98. The van der Waals surface area contributed by atoms with Crippen molar-refractivity contribution in [3.8, 4) is 0 Å². The maximum absolute atomic E-state index is 12.6. The summed E-state index contributed by atoms with van der Waals surface area (Å²) in [7, 11) is 1.82. The first-order chi connectivity index (χ1) is 13.5. The van der Waals surface area contributed by atoms with Crippen molar-refractivity contribution < 1.29 is 9.72 Å². The van der Waals surface area contributed by atoms with Crippen molar-refractivity contribution in [3.05, 3.63) is 52.3 Å². The monoisotopic (exact) mass is 385 g/mol. The second-order valence-electron chi connectivity index (χ2n) is 6.43. The Kier molecular flexibility index (Phi) is 5.87. The van der Waals surface area contributed by atoms with Gasteiger partial charge in [-0.15, -0.1) is 0 Å². The lowest BCUT2D eigenvalue weighted by molar-refractivity contribution is -0.384. The topological polar surface area (TPSA) is 109 Å². The fourth-order valence-corrected chi connectivity index (χ4v) is 2.99. The number of benzene rings is 1. The van der Waals surface area contributed by atoms with Crippen LogP contribution in [0.15, 0.2) is 41.7 Å². The molecule has 1 fully saturated rings.